The predicted molar refractivity (Wildman–Crippen MR) is 100 cm³/mol. The Bertz CT molecular complexity index is 1060. The molecule has 0 amide bonds. The second-order valence-corrected chi connectivity index (χ2v) is 9.66. The molecule has 3 aliphatic rings. The van der Waals surface area contributed by atoms with E-state index >= 15 is 0 Å². The molecule has 5 rings (SSSR count). The lowest BCUT2D eigenvalue weighted by molar-refractivity contribution is -0.124. The molecule has 3 fully saturated rings. The van der Waals surface area contributed by atoms with Crippen molar-refractivity contribution < 1.29 is 4.79 Å². The molecule has 5 unspecified atom stereocenters. The summed E-state index contributed by atoms with van der Waals surface area (Å²) in [4.78, 5) is 47.0. The van der Waals surface area contributed by atoms with Crippen molar-refractivity contribution in [1.82, 2.24) is 19.5 Å². The Balaban J connectivity index is 1.63. The summed E-state index contributed by atoms with van der Waals surface area (Å²) < 4.78 is 1.51. The molecular weight excluding hydrogens is 344 g/mol. The molecule has 0 aromatic carbocycles. The number of Topliss-reactive ketones (excluding diaryl/α,β-unsaturated/α-hetero) is 1. The van der Waals surface area contributed by atoms with Gasteiger partial charge in [-0.15, -0.1) is 0 Å². The van der Waals surface area contributed by atoms with Crippen molar-refractivity contribution in [2.45, 2.75) is 53.0 Å². The Hall–Kier alpha value is -2.18. The van der Waals surface area contributed by atoms with Gasteiger partial charge in [-0.3, -0.25) is 19.1 Å². The Kier molecular flexibility index (Phi) is 3.27. The van der Waals surface area contributed by atoms with E-state index in [-0.39, 0.29) is 39.3 Å². The summed E-state index contributed by atoms with van der Waals surface area (Å²) in [5.41, 5.74) is -0.00304. The third kappa shape index (κ3) is 2.03. The van der Waals surface area contributed by atoms with Crippen LogP contribution < -0.4 is 11.2 Å². The number of aromatic amines is 2. The molecule has 0 aliphatic heterocycles. The molecule has 0 radical (unpaired) electrons. The lowest BCUT2D eigenvalue weighted by Crippen LogP contribution is -2.42. The molecule has 2 aromatic rings. The molecule has 27 heavy (non-hydrogen) atoms. The first-order valence-electron chi connectivity index (χ1n) is 9.94. The summed E-state index contributed by atoms with van der Waals surface area (Å²) in [5.74, 6) is 1.57. The molecule has 5 atom stereocenters. The van der Waals surface area contributed by atoms with E-state index in [1.165, 1.54) is 17.3 Å². The second-order valence-electron chi connectivity index (χ2n) is 9.66. The number of hydrogen-bond acceptors (Lipinski definition) is 4. The fraction of sp³-hybridized carbons (Fsp3) is 0.700. The van der Waals surface area contributed by atoms with Gasteiger partial charge in [-0.05, 0) is 47.8 Å². The number of ketones is 1. The molecular formula is C20H26N4O3. The quantitative estimate of drug-likeness (QED) is 0.845. The third-order valence-corrected chi connectivity index (χ3v) is 8.16. The van der Waals surface area contributed by atoms with Crippen LogP contribution in [0.3, 0.4) is 0 Å². The Morgan fingerprint density at radius 3 is 2.78 bits per heavy atom. The summed E-state index contributed by atoms with van der Waals surface area (Å²) in [6.07, 6.45) is 5.33. The average Bonchev–Trinajstić information content (AvgIpc) is 3.11. The van der Waals surface area contributed by atoms with Crippen LogP contribution in [0.15, 0.2) is 15.9 Å². The monoisotopic (exact) mass is 370 g/mol. The molecule has 2 N–H and O–H groups in total. The first kappa shape index (κ1) is 17.0. The molecule has 2 aromatic heterocycles. The van der Waals surface area contributed by atoms with Gasteiger partial charge in [0.25, 0.3) is 5.56 Å². The van der Waals surface area contributed by atoms with E-state index in [0.29, 0.717) is 36.4 Å². The van der Waals surface area contributed by atoms with Crippen LogP contribution in [0.5, 0.6) is 0 Å². The highest BCUT2D eigenvalue weighted by atomic mass is 16.2. The number of imidazole rings is 1. The van der Waals surface area contributed by atoms with Crippen LogP contribution in [-0.4, -0.2) is 25.3 Å². The van der Waals surface area contributed by atoms with Crippen LogP contribution >= 0.6 is 0 Å². The minimum absolute atomic E-state index is 0.0340. The van der Waals surface area contributed by atoms with Crippen molar-refractivity contribution in [2.75, 3.05) is 0 Å². The Labute approximate surface area is 156 Å². The number of rotatable bonds is 2. The van der Waals surface area contributed by atoms with Gasteiger partial charge in [0.05, 0.1) is 6.33 Å². The molecule has 0 saturated heterocycles. The normalized spacial score (nSPS) is 37.1. The van der Waals surface area contributed by atoms with E-state index in [2.05, 4.69) is 35.7 Å². The van der Waals surface area contributed by atoms with Crippen molar-refractivity contribution in [3.8, 4) is 0 Å². The molecule has 3 saturated carbocycles. The molecule has 3 aliphatic carbocycles. The third-order valence-electron chi connectivity index (χ3n) is 8.16. The predicted octanol–water partition coefficient (Wildman–Crippen LogP) is 2.08. The molecule has 0 spiro atoms. The van der Waals surface area contributed by atoms with Crippen molar-refractivity contribution >= 4 is 16.9 Å². The van der Waals surface area contributed by atoms with Gasteiger partial charge in [-0.1, -0.05) is 20.8 Å². The largest absolute Gasteiger partial charge is 0.327 e. The van der Waals surface area contributed by atoms with Crippen LogP contribution in [0, 0.1) is 34.5 Å². The van der Waals surface area contributed by atoms with Crippen molar-refractivity contribution in [3.63, 3.8) is 0 Å². The zero-order chi connectivity index (χ0) is 19.1. The van der Waals surface area contributed by atoms with Crippen molar-refractivity contribution in [3.05, 3.63) is 27.2 Å². The maximum Gasteiger partial charge on any atom is 0.327 e. The fourth-order valence-corrected chi connectivity index (χ4v) is 7.12. The Morgan fingerprint density at radius 1 is 1.22 bits per heavy atom. The number of fused-ring (bicyclic) bond motifs is 1. The van der Waals surface area contributed by atoms with E-state index in [9.17, 15) is 14.4 Å². The van der Waals surface area contributed by atoms with Gasteiger partial charge in [0.1, 0.15) is 5.78 Å². The first-order chi connectivity index (χ1) is 12.8. The number of carbonyl (C=O) groups is 1. The van der Waals surface area contributed by atoms with Gasteiger partial charge in [0.2, 0.25) is 0 Å². The van der Waals surface area contributed by atoms with Gasteiger partial charge in [0.15, 0.2) is 11.2 Å². The molecule has 2 bridgehead atoms. The zero-order valence-electron chi connectivity index (χ0n) is 16.0. The zero-order valence-corrected chi connectivity index (χ0v) is 16.0. The van der Waals surface area contributed by atoms with Crippen LogP contribution in [0.2, 0.25) is 0 Å². The SMILES string of the molecule is CC1CCC2C3CC(=O)C(Cn4c(=O)[nH]c5c(=O)[nH]cnc54)C13CC2(C)C. The lowest BCUT2D eigenvalue weighted by Gasteiger charge is -2.44. The van der Waals surface area contributed by atoms with Gasteiger partial charge >= 0.3 is 5.69 Å². The van der Waals surface area contributed by atoms with Gasteiger partial charge < -0.3 is 4.98 Å². The average molecular weight is 370 g/mol. The molecule has 2 heterocycles. The smallest absolute Gasteiger partial charge is 0.311 e. The second kappa shape index (κ2) is 5.20. The maximum absolute atomic E-state index is 13.1. The highest BCUT2D eigenvalue weighted by molar-refractivity contribution is 5.85. The summed E-state index contributed by atoms with van der Waals surface area (Å²) in [6.45, 7) is 7.29. The molecule has 144 valence electrons. The lowest BCUT2D eigenvalue weighted by atomic mass is 9.60. The highest BCUT2D eigenvalue weighted by Crippen LogP contribution is 2.72. The van der Waals surface area contributed by atoms with E-state index in [0.717, 1.165) is 12.8 Å². The number of carbonyl (C=O) groups excluding carboxylic acids is 1. The minimum atomic E-state index is -0.363. The van der Waals surface area contributed by atoms with E-state index < -0.39 is 0 Å². The number of nitrogens with one attached hydrogen (secondary N) is 2. The number of nitrogens with zero attached hydrogens (tertiary/aromatic N) is 2. The van der Waals surface area contributed by atoms with Crippen molar-refractivity contribution in [1.29, 1.82) is 0 Å². The topological polar surface area (TPSA) is 101 Å². The Morgan fingerprint density at radius 2 is 2.00 bits per heavy atom. The summed E-state index contributed by atoms with van der Waals surface area (Å²) in [5, 5.41) is 0. The molecule has 7 heteroatoms. The van der Waals surface area contributed by atoms with Gasteiger partial charge in [-0.2, -0.15) is 0 Å². The van der Waals surface area contributed by atoms with Crippen LogP contribution in [-0.2, 0) is 11.3 Å². The first-order valence-corrected chi connectivity index (χ1v) is 9.94. The summed E-state index contributed by atoms with van der Waals surface area (Å²) >= 11 is 0. The van der Waals surface area contributed by atoms with Crippen LogP contribution in [0.25, 0.3) is 11.2 Å². The number of hydrogen-bond donors (Lipinski definition) is 2. The standard InChI is InChI=1S/C20H26N4O3/c1-10-4-5-11-12-6-14(25)13(20(10,12)8-19(11,2)3)7-24-16-15(23-18(24)27)17(26)22-9-21-16/h9-13H,4-8H2,1-3H3,(H,23,27)(H,21,22,26). The van der Waals surface area contributed by atoms with E-state index in [1.54, 1.807) is 0 Å². The van der Waals surface area contributed by atoms with Crippen LogP contribution in [0.4, 0.5) is 0 Å². The van der Waals surface area contributed by atoms with Gasteiger partial charge in [-0.25, -0.2) is 9.78 Å². The number of aromatic nitrogens is 4. The summed E-state index contributed by atoms with van der Waals surface area (Å²) in [7, 11) is 0. The van der Waals surface area contributed by atoms with E-state index in [4.69, 9.17) is 0 Å². The highest BCUT2D eigenvalue weighted by Gasteiger charge is 2.68. The van der Waals surface area contributed by atoms with Gasteiger partial charge in [0, 0.05) is 18.9 Å². The van der Waals surface area contributed by atoms with Crippen LogP contribution in [0.1, 0.15) is 46.5 Å². The fourth-order valence-electron chi connectivity index (χ4n) is 7.12. The maximum atomic E-state index is 13.1. The molecule has 7 nitrogen and oxygen atoms in total. The van der Waals surface area contributed by atoms with E-state index in [1.807, 2.05) is 0 Å². The number of H-pyrrole nitrogens is 2. The minimum Gasteiger partial charge on any atom is -0.311 e. The summed E-state index contributed by atoms with van der Waals surface area (Å²) in [6, 6.07) is 0. The van der Waals surface area contributed by atoms with Crippen molar-refractivity contribution in [2.24, 2.45) is 34.5 Å².